The van der Waals surface area contributed by atoms with Crippen LogP contribution in [0.3, 0.4) is 0 Å². The van der Waals surface area contributed by atoms with E-state index in [0.717, 1.165) is 50.9 Å². The number of guanidine groups is 1. The molecule has 1 aromatic carbocycles. The lowest BCUT2D eigenvalue weighted by atomic mass is 10.1. The first-order valence-electron chi connectivity index (χ1n) is 9.82. The van der Waals surface area contributed by atoms with Crippen molar-refractivity contribution in [1.82, 2.24) is 15.5 Å². The molecule has 1 unspecified atom stereocenters. The van der Waals surface area contributed by atoms with Crippen LogP contribution in [0.25, 0.3) is 0 Å². The lowest BCUT2D eigenvalue weighted by Crippen LogP contribution is -2.43. The fraction of sp³-hybridized carbons (Fsp3) is 0.650. The molecule has 0 aromatic heterocycles. The first-order valence-corrected chi connectivity index (χ1v) is 9.82. The van der Waals surface area contributed by atoms with Gasteiger partial charge < -0.3 is 20.1 Å². The smallest absolute Gasteiger partial charge is 0.379 e. The van der Waals surface area contributed by atoms with E-state index < -0.39 is 12.8 Å². The lowest BCUT2D eigenvalue weighted by molar-refractivity contribution is -0.176. The largest absolute Gasteiger partial charge is 0.411 e. The Hall–Kier alpha value is -1.11. The number of aliphatic imine (C=N–C) groups is 1. The van der Waals surface area contributed by atoms with Crippen molar-refractivity contribution < 1.29 is 22.6 Å². The van der Waals surface area contributed by atoms with Gasteiger partial charge in [-0.1, -0.05) is 31.2 Å². The van der Waals surface area contributed by atoms with Crippen LogP contribution < -0.4 is 10.6 Å². The van der Waals surface area contributed by atoms with Gasteiger partial charge in [-0.2, -0.15) is 13.2 Å². The van der Waals surface area contributed by atoms with Crippen molar-refractivity contribution in [3.8, 4) is 0 Å². The first kappa shape index (κ1) is 26.9. The minimum Gasteiger partial charge on any atom is -0.379 e. The van der Waals surface area contributed by atoms with E-state index in [1.807, 2.05) is 12.1 Å². The minimum absolute atomic E-state index is 0. The van der Waals surface area contributed by atoms with Crippen LogP contribution in [0.5, 0.6) is 0 Å². The predicted octanol–water partition coefficient (Wildman–Crippen LogP) is 3.02. The Balaban J connectivity index is 0.00000450. The molecular formula is C20H32F3IN4O2. The highest BCUT2D eigenvalue weighted by molar-refractivity contribution is 14.0. The summed E-state index contributed by atoms with van der Waals surface area (Å²) < 4.78 is 46.4. The average molecular weight is 544 g/mol. The van der Waals surface area contributed by atoms with Gasteiger partial charge in [-0.3, -0.25) is 9.89 Å². The highest BCUT2D eigenvalue weighted by Crippen LogP contribution is 2.15. The van der Waals surface area contributed by atoms with Crippen molar-refractivity contribution in [2.24, 2.45) is 10.9 Å². The van der Waals surface area contributed by atoms with Crippen LogP contribution >= 0.6 is 24.0 Å². The monoisotopic (exact) mass is 544 g/mol. The number of nitrogens with one attached hydrogen (secondary N) is 2. The zero-order chi connectivity index (χ0) is 21.1. The van der Waals surface area contributed by atoms with Gasteiger partial charge in [-0.05, 0) is 17.0 Å². The minimum atomic E-state index is -4.30. The van der Waals surface area contributed by atoms with Gasteiger partial charge in [0.05, 0.1) is 19.8 Å². The van der Waals surface area contributed by atoms with Crippen LogP contribution in [-0.2, 0) is 22.6 Å². The lowest BCUT2D eigenvalue weighted by Gasteiger charge is -2.29. The van der Waals surface area contributed by atoms with Crippen LogP contribution in [0, 0.1) is 5.92 Å². The van der Waals surface area contributed by atoms with Gasteiger partial charge in [0.2, 0.25) is 0 Å². The molecule has 1 heterocycles. The van der Waals surface area contributed by atoms with E-state index in [1.54, 1.807) is 19.2 Å². The molecule has 1 fully saturated rings. The summed E-state index contributed by atoms with van der Waals surface area (Å²) >= 11 is 0. The van der Waals surface area contributed by atoms with E-state index in [9.17, 15) is 13.2 Å². The second kappa shape index (κ2) is 14.0. The molecule has 1 aromatic rings. The normalized spacial score (nSPS) is 16.6. The number of alkyl halides is 3. The molecule has 6 nitrogen and oxygen atoms in total. The van der Waals surface area contributed by atoms with Gasteiger partial charge in [0.1, 0.15) is 6.61 Å². The Morgan fingerprint density at radius 2 is 1.80 bits per heavy atom. The van der Waals surface area contributed by atoms with Gasteiger partial charge in [-0.25, -0.2) is 0 Å². The van der Waals surface area contributed by atoms with E-state index in [2.05, 4.69) is 32.2 Å². The van der Waals surface area contributed by atoms with Crippen molar-refractivity contribution in [1.29, 1.82) is 0 Å². The van der Waals surface area contributed by atoms with Crippen LogP contribution in [-0.4, -0.2) is 70.1 Å². The maximum Gasteiger partial charge on any atom is 0.411 e. The molecule has 0 radical (unpaired) electrons. The molecule has 1 aliphatic heterocycles. The van der Waals surface area contributed by atoms with E-state index >= 15 is 0 Å². The van der Waals surface area contributed by atoms with Gasteiger partial charge in [0.25, 0.3) is 0 Å². The highest BCUT2D eigenvalue weighted by Gasteiger charge is 2.27. The first-order chi connectivity index (χ1) is 13.9. The predicted molar refractivity (Wildman–Crippen MR) is 122 cm³/mol. The van der Waals surface area contributed by atoms with Crippen LogP contribution in [0.2, 0.25) is 0 Å². The number of benzene rings is 1. The quantitative estimate of drug-likeness (QED) is 0.285. The Kier molecular flexibility index (Phi) is 12.6. The summed E-state index contributed by atoms with van der Waals surface area (Å²) in [5, 5.41) is 6.59. The van der Waals surface area contributed by atoms with Gasteiger partial charge >= 0.3 is 6.18 Å². The van der Waals surface area contributed by atoms with Gasteiger partial charge in [0, 0.05) is 39.8 Å². The molecular weight excluding hydrogens is 512 g/mol. The number of nitrogens with zero attached hydrogens (tertiary/aromatic N) is 2. The molecule has 1 saturated heterocycles. The maximum absolute atomic E-state index is 12.1. The number of ether oxygens (including phenoxy) is 2. The summed E-state index contributed by atoms with van der Waals surface area (Å²) in [6, 6.07) is 7.28. The van der Waals surface area contributed by atoms with E-state index in [-0.39, 0.29) is 30.6 Å². The number of morpholine rings is 1. The third kappa shape index (κ3) is 11.3. The van der Waals surface area contributed by atoms with Crippen molar-refractivity contribution >= 4 is 29.9 Å². The average Bonchev–Trinajstić information content (AvgIpc) is 2.69. The Labute approximate surface area is 193 Å². The van der Waals surface area contributed by atoms with Crippen LogP contribution in [0.15, 0.2) is 29.3 Å². The fourth-order valence-corrected chi connectivity index (χ4v) is 3.00. The topological polar surface area (TPSA) is 58.1 Å². The summed E-state index contributed by atoms with van der Waals surface area (Å²) in [6.45, 7) is 6.88. The number of hydrogen-bond acceptors (Lipinski definition) is 4. The molecule has 2 N–H and O–H groups in total. The van der Waals surface area contributed by atoms with E-state index in [4.69, 9.17) is 4.74 Å². The molecule has 30 heavy (non-hydrogen) atoms. The number of rotatable bonds is 9. The molecule has 0 spiro atoms. The van der Waals surface area contributed by atoms with Crippen molar-refractivity contribution in [3.05, 3.63) is 35.4 Å². The van der Waals surface area contributed by atoms with Crippen LogP contribution in [0.1, 0.15) is 18.1 Å². The molecule has 2 rings (SSSR count). The summed E-state index contributed by atoms with van der Waals surface area (Å²) in [6.07, 6.45) is -4.30. The van der Waals surface area contributed by atoms with Crippen molar-refractivity contribution in [3.63, 3.8) is 0 Å². The third-order valence-electron chi connectivity index (χ3n) is 4.53. The molecule has 0 bridgehead atoms. The summed E-state index contributed by atoms with van der Waals surface area (Å²) in [5.74, 6) is 1.19. The van der Waals surface area contributed by atoms with Crippen LogP contribution in [0.4, 0.5) is 13.2 Å². The summed E-state index contributed by atoms with van der Waals surface area (Å²) in [7, 11) is 1.73. The number of halogens is 4. The zero-order valence-electron chi connectivity index (χ0n) is 17.5. The fourth-order valence-electron chi connectivity index (χ4n) is 3.00. The summed E-state index contributed by atoms with van der Waals surface area (Å²) in [4.78, 5) is 6.65. The molecule has 10 heteroatoms. The SMILES string of the molecule is CN=C(NCc1ccc(COCC(F)(F)F)cc1)NCC(C)CN1CCOCC1.I. The molecule has 172 valence electrons. The second-order valence-electron chi connectivity index (χ2n) is 7.25. The number of hydrogen-bond donors (Lipinski definition) is 2. The third-order valence-corrected chi connectivity index (χ3v) is 4.53. The van der Waals surface area contributed by atoms with Gasteiger partial charge in [-0.15, -0.1) is 24.0 Å². The van der Waals surface area contributed by atoms with E-state index in [0.29, 0.717) is 18.0 Å². The molecule has 1 aliphatic rings. The summed E-state index contributed by atoms with van der Waals surface area (Å²) in [5.41, 5.74) is 1.71. The maximum atomic E-state index is 12.1. The Bertz CT molecular complexity index is 623. The van der Waals surface area contributed by atoms with Crippen molar-refractivity contribution in [2.75, 3.05) is 53.0 Å². The molecule has 0 amide bonds. The standard InChI is InChI=1S/C20H31F3N4O2.HI/c1-16(13-27-7-9-28-10-8-27)11-25-19(24-2)26-12-17-3-5-18(6-4-17)14-29-15-20(21,22)23;/h3-6,16H,7-15H2,1-2H3,(H2,24,25,26);1H. The highest BCUT2D eigenvalue weighted by atomic mass is 127. The Morgan fingerprint density at radius 3 is 2.40 bits per heavy atom. The zero-order valence-corrected chi connectivity index (χ0v) is 19.8. The Morgan fingerprint density at radius 1 is 1.17 bits per heavy atom. The van der Waals surface area contributed by atoms with Gasteiger partial charge in [0.15, 0.2) is 5.96 Å². The molecule has 0 aliphatic carbocycles. The molecule has 0 saturated carbocycles. The van der Waals surface area contributed by atoms with E-state index in [1.165, 1.54) is 0 Å². The van der Waals surface area contributed by atoms with Crippen molar-refractivity contribution in [2.45, 2.75) is 26.3 Å². The second-order valence-corrected chi connectivity index (χ2v) is 7.25. The molecule has 1 atom stereocenters.